The van der Waals surface area contributed by atoms with E-state index in [0.717, 1.165) is 17.7 Å². The Hall–Kier alpha value is -1.10. The lowest BCUT2D eigenvalue weighted by molar-refractivity contribution is 0.0931. The largest absolute Gasteiger partial charge is 0.491 e. The fourth-order valence-electron chi connectivity index (χ4n) is 2.21. The van der Waals surface area contributed by atoms with Crippen LogP contribution in [0, 0.1) is 13.8 Å². The average Bonchev–Trinajstić information content (AvgIpc) is 2.44. The van der Waals surface area contributed by atoms with Gasteiger partial charge in [0.05, 0.1) is 0 Å². The van der Waals surface area contributed by atoms with Gasteiger partial charge in [-0.15, -0.1) is 0 Å². The number of hydrogen-bond acceptors (Lipinski definition) is 4. The van der Waals surface area contributed by atoms with Crippen LogP contribution < -0.4 is 10.1 Å². The summed E-state index contributed by atoms with van der Waals surface area (Å²) in [4.78, 5) is 0. The fraction of sp³-hybridized carbons (Fsp3) is 0.647. The maximum absolute atomic E-state index is 10.0. The molecule has 21 heavy (non-hydrogen) atoms. The van der Waals surface area contributed by atoms with Crippen molar-refractivity contribution in [3.05, 3.63) is 29.3 Å². The standard InChI is InChI=1S/C17H29NO3/c1-5-17(4,8-9-19)18-11-15(20)12-21-16-7-6-13(2)10-14(16)3/h6-7,10,15,18-20H,5,8-9,11-12H2,1-4H3. The molecule has 2 atom stereocenters. The van der Waals surface area contributed by atoms with Gasteiger partial charge in [-0.25, -0.2) is 0 Å². The van der Waals surface area contributed by atoms with Gasteiger partial charge < -0.3 is 20.3 Å². The molecule has 0 saturated carbocycles. The first kappa shape index (κ1) is 18.0. The first-order chi connectivity index (χ1) is 9.90. The molecule has 0 heterocycles. The molecule has 0 aliphatic rings. The fourth-order valence-corrected chi connectivity index (χ4v) is 2.21. The van der Waals surface area contributed by atoms with Crippen LogP contribution >= 0.6 is 0 Å². The molecule has 1 aromatic rings. The number of nitrogens with one attached hydrogen (secondary N) is 1. The predicted molar refractivity (Wildman–Crippen MR) is 85.8 cm³/mol. The molecule has 0 amide bonds. The number of ether oxygens (including phenoxy) is 1. The van der Waals surface area contributed by atoms with Crippen LogP contribution in [0.1, 0.15) is 37.8 Å². The number of rotatable bonds is 9. The van der Waals surface area contributed by atoms with Crippen molar-refractivity contribution in [3.63, 3.8) is 0 Å². The summed E-state index contributed by atoms with van der Waals surface area (Å²) in [6.07, 6.45) is 1.00. The third-order valence-corrected chi connectivity index (χ3v) is 3.97. The number of benzene rings is 1. The Morgan fingerprint density at radius 3 is 2.62 bits per heavy atom. The Labute approximate surface area is 128 Å². The monoisotopic (exact) mass is 295 g/mol. The summed E-state index contributed by atoms with van der Waals surface area (Å²) in [6, 6.07) is 6.00. The van der Waals surface area contributed by atoms with Crippen molar-refractivity contribution in [2.45, 2.75) is 52.2 Å². The van der Waals surface area contributed by atoms with Crippen molar-refractivity contribution < 1.29 is 14.9 Å². The van der Waals surface area contributed by atoms with Crippen molar-refractivity contribution >= 4 is 0 Å². The lowest BCUT2D eigenvalue weighted by atomic mass is 9.95. The average molecular weight is 295 g/mol. The summed E-state index contributed by atoms with van der Waals surface area (Å²) in [6.45, 7) is 9.03. The van der Waals surface area contributed by atoms with Gasteiger partial charge >= 0.3 is 0 Å². The molecule has 2 unspecified atom stereocenters. The highest BCUT2D eigenvalue weighted by Gasteiger charge is 2.21. The van der Waals surface area contributed by atoms with Crippen LogP contribution in [0.2, 0.25) is 0 Å². The SMILES string of the molecule is CCC(C)(CCO)NCC(O)COc1ccc(C)cc1C. The van der Waals surface area contributed by atoms with E-state index in [4.69, 9.17) is 9.84 Å². The molecule has 0 saturated heterocycles. The number of β-amino-alcohol motifs (C(OH)–C–C–N with tert-alkyl or cyclic N) is 1. The van der Waals surface area contributed by atoms with E-state index in [2.05, 4.69) is 25.2 Å². The normalized spacial score (nSPS) is 15.5. The molecule has 0 radical (unpaired) electrons. The topological polar surface area (TPSA) is 61.7 Å². The van der Waals surface area contributed by atoms with Gasteiger partial charge in [-0.3, -0.25) is 0 Å². The Bertz CT molecular complexity index is 436. The molecule has 0 bridgehead atoms. The van der Waals surface area contributed by atoms with E-state index < -0.39 is 6.10 Å². The zero-order valence-electron chi connectivity index (χ0n) is 13.6. The van der Waals surface area contributed by atoms with E-state index in [1.54, 1.807) is 0 Å². The van der Waals surface area contributed by atoms with Crippen molar-refractivity contribution in [2.75, 3.05) is 19.8 Å². The highest BCUT2D eigenvalue weighted by atomic mass is 16.5. The van der Waals surface area contributed by atoms with Crippen molar-refractivity contribution in [1.29, 1.82) is 0 Å². The van der Waals surface area contributed by atoms with E-state index in [0.29, 0.717) is 13.0 Å². The molecule has 120 valence electrons. The Morgan fingerprint density at radius 1 is 1.33 bits per heavy atom. The number of aliphatic hydroxyl groups is 2. The van der Waals surface area contributed by atoms with Crippen LogP contribution in [-0.4, -0.2) is 41.6 Å². The molecule has 0 aliphatic carbocycles. The highest BCUT2D eigenvalue weighted by Crippen LogP contribution is 2.19. The van der Waals surface area contributed by atoms with E-state index in [1.807, 2.05) is 26.0 Å². The number of aliphatic hydroxyl groups excluding tert-OH is 2. The van der Waals surface area contributed by atoms with Crippen molar-refractivity contribution in [2.24, 2.45) is 0 Å². The highest BCUT2D eigenvalue weighted by molar-refractivity contribution is 5.35. The molecule has 0 fully saturated rings. The molecule has 3 N–H and O–H groups in total. The zero-order valence-corrected chi connectivity index (χ0v) is 13.6. The first-order valence-electron chi connectivity index (χ1n) is 7.64. The molecule has 1 rings (SSSR count). The lowest BCUT2D eigenvalue weighted by Crippen LogP contribution is -2.47. The van der Waals surface area contributed by atoms with Crippen LogP contribution in [0.5, 0.6) is 5.75 Å². The second kappa shape index (κ2) is 8.37. The van der Waals surface area contributed by atoms with Gasteiger partial charge in [-0.05, 0) is 45.2 Å². The number of hydrogen-bond donors (Lipinski definition) is 3. The molecule has 0 aliphatic heterocycles. The molecule has 4 heteroatoms. The quantitative estimate of drug-likeness (QED) is 0.653. The minimum Gasteiger partial charge on any atom is -0.491 e. The molecule has 1 aromatic carbocycles. The maximum Gasteiger partial charge on any atom is 0.122 e. The third-order valence-electron chi connectivity index (χ3n) is 3.97. The first-order valence-corrected chi connectivity index (χ1v) is 7.64. The second-order valence-electron chi connectivity index (χ2n) is 6.00. The van der Waals surface area contributed by atoms with E-state index in [9.17, 15) is 5.11 Å². The molecule has 4 nitrogen and oxygen atoms in total. The summed E-state index contributed by atoms with van der Waals surface area (Å²) < 4.78 is 5.67. The zero-order chi connectivity index (χ0) is 15.9. The summed E-state index contributed by atoms with van der Waals surface area (Å²) >= 11 is 0. The van der Waals surface area contributed by atoms with Gasteiger partial charge in [0, 0.05) is 18.7 Å². The predicted octanol–water partition coefficient (Wildman–Crippen LogP) is 2.18. The van der Waals surface area contributed by atoms with Gasteiger partial charge in [-0.2, -0.15) is 0 Å². The summed E-state index contributed by atoms with van der Waals surface area (Å²) in [5.41, 5.74) is 2.13. The summed E-state index contributed by atoms with van der Waals surface area (Å²) in [5.74, 6) is 0.813. The second-order valence-corrected chi connectivity index (χ2v) is 6.00. The number of aryl methyl sites for hydroxylation is 2. The summed E-state index contributed by atoms with van der Waals surface area (Å²) in [7, 11) is 0. The minimum atomic E-state index is -0.574. The van der Waals surface area contributed by atoms with E-state index >= 15 is 0 Å². The third kappa shape index (κ3) is 6.04. The molecular weight excluding hydrogens is 266 g/mol. The van der Waals surface area contributed by atoms with Gasteiger partial charge in [0.2, 0.25) is 0 Å². The molecule has 0 spiro atoms. The minimum absolute atomic E-state index is 0.143. The maximum atomic E-state index is 10.0. The Morgan fingerprint density at radius 2 is 2.05 bits per heavy atom. The Kier molecular flexibility index (Phi) is 7.15. The van der Waals surface area contributed by atoms with Crippen molar-refractivity contribution in [3.8, 4) is 5.75 Å². The van der Waals surface area contributed by atoms with Crippen LogP contribution in [-0.2, 0) is 0 Å². The lowest BCUT2D eigenvalue weighted by Gasteiger charge is -2.30. The van der Waals surface area contributed by atoms with Crippen LogP contribution in [0.15, 0.2) is 18.2 Å². The van der Waals surface area contributed by atoms with Gasteiger partial charge in [-0.1, -0.05) is 24.6 Å². The van der Waals surface area contributed by atoms with Crippen LogP contribution in [0.25, 0.3) is 0 Å². The molecular formula is C17H29NO3. The smallest absolute Gasteiger partial charge is 0.122 e. The van der Waals surface area contributed by atoms with Gasteiger partial charge in [0.1, 0.15) is 18.5 Å². The Balaban J connectivity index is 2.42. The molecule has 0 aromatic heterocycles. The van der Waals surface area contributed by atoms with E-state index in [1.165, 1.54) is 5.56 Å². The van der Waals surface area contributed by atoms with Gasteiger partial charge in [0.15, 0.2) is 0 Å². The van der Waals surface area contributed by atoms with Gasteiger partial charge in [0.25, 0.3) is 0 Å². The van der Waals surface area contributed by atoms with Crippen LogP contribution in [0.4, 0.5) is 0 Å². The van der Waals surface area contributed by atoms with Crippen LogP contribution in [0.3, 0.4) is 0 Å². The van der Waals surface area contributed by atoms with E-state index in [-0.39, 0.29) is 18.8 Å². The van der Waals surface area contributed by atoms with Crippen molar-refractivity contribution in [1.82, 2.24) is 5.32 Å². The summed E-state index contributed by atoms with van der Waals surface area (Å²) in [5, 5.41) is 22.4.